The van der Waals surface area contributed by atoms with Gasteiger partial charge >= 0.3 is 0 Å². The lowest BCUT2D eigenvalue weighted by Gasteiger charge is -2.12. The smallest absolute Gasteiger partial charge is 0.129 e. The molecule has 0 aliphatic carbocycles. The van der Waals surface area contributed by atoms with Crippen LogP contribution in [0.4, 0.5) is 8.78 Å². The largest absolute Gasteiger partial charge is 0.327 e. The molecule has 0 saturated heterocycles. The number of hydrogen-bond donors (Lipinski definition) is 1. The summed E-state index contributed by atoms with van der Waals surface area (Å²) < 4.78 is 26.3. The summed E-state index contributed by atoms with van der Waals surface area (Å²) in [4.78, 5) is 1.14. The predicted molar refractivity (Wildman–Crippen MR) is 79.9 cm³/mol. The molecule has 0 aliphatic rings. The fourth-order valence-electron chi connectivity index (χ4n) is 1.87. The van der Waals surface area contributed by atoms with E-state index >= 15 is 0 Å². The van der Waals surface area contributed by atoms with Gasteiger partial charge in [0.05, 0.1) is 0 Å². The molecule has 0 heterocycles. The summed E-state index contributed by atoms with van der Waals surface area (Å²) in [6, 6.07) is 11.6. The summed E-state index contributed by atoms with van der Waals surface area (Å²) in [6.45, 7) is 2.04. The van der Waals surface area contributed by atoms with Crippen molar-refractivity contribution in [1.29, 1.82) is 0 Å². The van der Waals surface area contributed by atoms with E-state index in [0.29, 0.717) is 17.7 Å². The van der Waals surface area contributed by atoms with Gasteiger partial charge in [0, 0.05) is 22.8 Å². The topological polar surface area (TPSA) is 26.0 Å². The number of benzene rings is 2. The van der Waals surface area contributed by atoms with E-state index in [2.05, 4.69) is 0 Å². The van der Waals surface area contributed by atoms with Crippen LogP contribution in [0.1, 0.15) is 11.1 Å². The number of thioether (sulfide) groups is 1. The van der Waals surface area contributed by atoms with Gasteiger partial charge in [-0.3, -0.25) is 0 Å². The zero-order valence-corrected chi connectivity index (χ0v) is 12.1. The van der Waals surface area contributed by atoms with Crippen LogP contribution in [-0.2, 0) is 6.42 Å². The molecule has 106 valence electrons. The van der Waals surface area contributed by atoms with Crippen LogP contribution in [0.5, 0.6) is 0 Å². The Labute approximate surface area is 122 Å². The van der Waals surface area contributed by atoms with Crippen LogP contribution in [0.25, 0.3) is 0 Å². The number of rotatable bonds is 5. The highest BCUT2D eigenvalue weighted by Crippen LogP contribution is 2.20. The monoisotopic (exact) mass is 293 g/mol. The van der Waals surface area contributed by atoms with Crippen molar-refractivity contribution in [3.8, 4) is 0 Å². The molecule has 0 fully saturated rings. The second-order valence-corrected chi connectivity index (χ2v) is 5.92. The Morgan fingerprint density at radius 3 is 2.45 bits per heavy atom. The van der Waals surface area contributed by atoms with Crippen LogP contribution in [0.15, 0.2) is 47.4 Å². The number of halogens is 2. The standard InChI is InChI=1S/C16H17F2NS/c1-11-2-6-15(7-3-11)20-10-14(19)8-12-4-5-13(17)9-16(12)18/h2-7,9,14H,8,10,19H2,1H3. The minimum atomic E-state index is -0.561. The first-order valence-electron chi connectivity index (χ1n) is 6.43. The van der Waals surface area contributed by atoms with E-state index in [9.17, 15) is 8.78 Å². The van der Waals surface area contributed by atoms with Crippen molar-refractivity contribution in [1.82, 2.24) is 0 Å². The van der Waals surface area contributed by atoms with Crippen molar-refractivity contribution < 1.29 is 8.78 Å². The Kier molecular flexibility index (Phi) is 5.15. The van der Waals surface area contributed by atoms with Gasteiger partial charge in [0.1, 0.15) is 11.6 Å². The average molecular weight is 293 g/mol. The number of hydrogen-bond acceptors (Lipinski definition) is 2. The first-order valence-corrected chi connectivity index (χ1v) is 7.42. The second-order valence-electron chi connectivity index (χ2n) is 4.82. The molecule has 0 radical (unpaired) electrons. The van der Waals surface area contributed by atoms with Gasteiger partial charge in [-0.2, -0.15) is 0 Å². The van der Waals surface area contributed by atoms with Crippen LogP contribution < -0.4 is 5.73 Å². The van der Waals surface area contributed by atoms with E-state index in [4.69, 9.17) is 5.73 Å². The Bertz CT molecular complexity index is 569. The van der Waals surface area contributed by atoms with Crippen LogP contribution >= 0.6 is 11.8 Å². The molecule has 0 aromatic heterocycles. The van der Waals surface area contributed by atoms with Crippen molar-refractivity contribution in [2.45, 2.75) is 24.3 Å². The molecule has 2 aromatic rings. The van der Waals surface area contributed by atoms with E-state index in [1.165, 1.54) is 17.7 Å². The molecular formula is C16H17F2NS. The molecule has 0 aliphatic heterocycles. The molecule has 1 unspecified atom stereocenters. The van der Waals surface area contributed by atoms with Gasteiger partial charge in [-0.05, 0) is 37.1 Å². The maximum Gasteiger partial charge on any atom is 0.129 e. The first kappa shape index (κ1) is 15.0. The zero-order chi connectivity index (χ0) is 14.5. The van der Waals surface area contributed by atoms with E-state index in [1.54, 1.807) is 11.8 Å². The van der Waals surface area contributed by atoms with Gasteiger partial charge in [-0.25, -0.2) is 8.78 Å². The van der Waals surface area contributed by atoms with Crippen molar-refractivity contribution in [3.63, 3.8) is 0 Å². The van der Waals surface area contributed by atoms with Crippen molar-refractivity contribution in [3.05, 3.63) is 65.2 Å². The molecule has 0 saturated carbocycles. The summed E-state index contributed by atoms with van der Waals surface area (Å²) in [6.07, 6.45) is 0.408. The van der Waals surface area contributed by atoms with Crippen LogP contribution in [0, 0.1) is 18.6 Å². The lowest BCUT2D eigenvalue weighted by atomic mass is 10.1. The average Bonchev–Trinajstić information content (AvgIpc) is 2.41. The van der Waals surface area contributed by atoms with E-state index in [1.807, 2.05) is 31.2 Å². The highest BCUT2D eigenvalue weighted by Gasteiger charge is 2.10. The van der Waals surface area contributed by atoms with Gasteiger partial charge in [0.25, 0.3) is 0 Å². The lowest BCUT2D eigenvalue weighted by molar-refractivity contribution is 0.565. The molecule has 2 N–H and O–H groups in total. The van der Waals surface area contributed by atoms with E-state index < -0.39 is 11.6 Å². The second kappa shape index (κ2) is 6.86. The van der Waals surface area contributed by atoms with Crippen molar-refractivity contribution in [2.75, 3.05) is 5.75 Å². The lowest BCUT2D eigenvalue weighted by Crippen LogP contribution is -2.26. The van der Waals surface area contributed by atoms with Crippen LogP contribution in [0.2, 0.25) is 0 Å². The summed E-state index contributed by atoms with van der Waals surface area (Å²) in [7, 11) is 0. The van der Waals surface area contributed by atoms with Gasteiger partial charge in [0.2, 0.25) is 0 Å². The van der Waals surface area contributed by atoms with Gasteiger partial charge in [0.15, 0.2) is 0 Å². The third kappa shape index (κ3) is 4.32. The maximum absolute atomic E-state index is 13.5. The fraction of sp³-hybridized carbons (Fsp3) is 0.250. The van der Waals surface area contributed by atoms with Crippen molar-refractivity contribution >= 4 is 11.8 Å². The van der Waals surface area contributed by atoms with E-state index in [0.717, 1.165) is 11.0 Å². The normalized spacial score (nSPS) is 12.4. The third-order valence-corrected chi connectivity index (χ3v) is 4.18. The number of aryl methyl sites for hydroxylation is 1. The first-order chi connectivity index (χ1) is 9.54. The molecule has 2 rings (SSSR count). The molecule has 1 atom stereocenters. The van der Waals surface area contributed by atoms with Crippen molar-refractivity contribution in [2.24, 2.45) is 5.73 Å². The van der Waals surface area contributed by atoms with E-state index in [-0.39, 0.29) is 6.04 Å². The zero-order valence-electron chi connectivity index (χ0n) is 11.3. The SMILES string of the molecule is Cc1ccc(SCC(N)Cc2ccc(F)cc2F)cc1. The molecule has 0 bridgehead atoms. The van der Waals surface area contributed by atoms with Crippen LogP contribution in [0.3, 0.4) is 0 Å². The summed E-state index contributed by atoms with van der Waals surface area (Å²) in [5.74, 6) is -0.394. The summed E-state index contributed by atoms with van der Waals surface area (Å²) in [5, 5.41) is 0. The summed E-state index contributed by atoms with van der Waals surface area (Å²) >= 11 is 1.64. The molecule has 4 heteroatoms. The highest BCUT2D eigenvalue weighted by molar-refractivity contribution is 7.99. The molecule has 0 spiro atoms. The maximum atomic E-state index is 13.5. The Morgan fingerprint density at radius 1 is 1.10 bits per heavy atom. The van der Waals surface area contributed by atoms with Gasteiger partial charge in [-0.15, -0.1) is 11.8 Å². The number of nitrogens with two attached hydrogens (primary N) is 1. The third-order valence-electron chi connectivity index (χ3n) is 2.98. The summed E-state index contributed by atoms with van der Waals surface area (Å²) in [5.41, 5.74) is 7.69. The molecular weight excluding hydrogens is 276 g/mol. The molecule has 0 amide bonds. The molecule has 20 heavy (non-hydrogen) atoms. The van der Waals surface area contributed by atoms with Gasteiger partial charge in [-0.1, -0.05) is 23.8 Å². The molecule has 2 aromatic carbocycles. The fourth-order valence-corrected chi connectivity index (χ4v) is 2.72. The predicted octanol–water partition coefficient (Wildman–Crippen LogP) is 3.94. The minimum absolute atomic E-state index is 0.165. The quantitative estimate of drug-likeness (QED) is 0.845. The Hall–Kier alpha value is -1.39. The Morgan fingerprint density at radius 2 is 1.80 bits per heavy atom. The van der Waals surface area contributed by atoms with Gasteiger partial charge < -0.3 is 5.73 Å². The molecule has 1 nitrogen and oxygen atoms in total. The van der Waals surface area contributed by atoms with Crippen LogP contribution in [-0.4, -0.2) is 11.8 Å². The Balaban J connectivity index is 1.89. The minimum Gasteiger partial charge on any atom is -0.327 e. The highest BCUT2D eigenvalue weighted by atomic mass is 32.2.